The number of carbonyl (C=O) groups is 1. The van der Waals surface area contributed by atoms with Crippen LogP contribution in [0.2, 0.25) is 0 Å². The number of fused-ring (bicyclic) bond motifs is 1. The Morgan fingerprint density at radius 1 is 1.20 bits per heavy atom. The number of hydrogen-bond acceptors (Lipinski definition) is 5. The van der Waals surface area contributed by atoms with Gasteiger partial charge in [0.25, 0.3) is 0 Å². The van der Waals surface area contributed by atoms with E-state index in [2.05, 4.69) is 9.64 Å². The highest BCUT2D eigenvalue weighted by Gasteiger charge is 2.50. The third kappa shape index (κ3) is 4.04. The zero-order valence-electron chi connectivity index (χ0n) is 14.8. The molecule has 1 aromatic carbocycles. The first-order valence-corrected chi connectivity index (χ1v) is 10.6. The second-order valence-electron chi connectivity index (χ2n) is 7.05. The number of nitrogens with zero attached hydrogens (tertiary/aromatic N) is 2. The van der Waals surface area contributed by atoms with E-state index in [0.717, 1.165) is 31.6 Å². The quantitative estimate of drug-likeness (QED) is 0.714. The van der Waals surface area contributed by atoms with Gasteiger partial charge in [0, 0.05) is 26.1 Å². The van der Waals surface area contributed by atoms with E-state index in [-0.39, 0.29) is 12.0 Å². The van der Waals surface area contributed by atoms with E-state index in [4.69, 9.17) is 0 Å². The van der Waals surface area contributed by atoms with Crippen LogP contribution in [0.15, 0.2) is 30.3 Å². The third-order valence-electron chi connectivity index (χ3n) is 5.35. The molecule has 1 aromatic rings. The molecule has 0 unspecified atom stereocenters. The molecule has 0 bridgehead atoms. The second-order valence-corrected chi connectivity index (χ2v) is 8.99. The van der Waals surface area contributed by atoms with E-state index in [1.165, 1.54) is 13.4 Å². The SMILES string of the molecule is COC(=O)CCCN1C[C@@H]2CN(S(C)(=O)=O)[C@@H](c3ccccc3)[C@@H]2C1. The summed E-state index contributed by atoms with van der Waals surface area (Å²) < 4.78 is 30.9. The number of hydrogen-bond donors (Lipinski definition) is 0. The number of benzene rings is 1. The van der Waals surface area contributed by atoms with Crippen LogP contribution in [0.4, 0.5) is 0 Å². The van der Waals surface area contributed by atoms with E-state index >= 15 is 0 Å². The van der Waals surface area contributed by atoms with Crippen LogP contribution in [0, 0.1) is 11.8 Å². The molecule has 0 aromatic heterocycles. The topological polar surface area (TPSA) is 66.9 Å². The molecule has 3 atom stereocenters. The number of rotatable bonds is 6. The van der Waals surface area contributed by atoms with Gasteiger partial charge < -0.3 is 9.64 Å². The molecule has 0 N–H and O–H groups in total. The molecule has 2 aliphatic heterocycles. The Labute approximate surface area is 149 Å². The predicted octanol–water partition coefficient (Wildman–Crippen LogP) is 1.50. The van der Waals surface area contributed by atoms with Gasteiger partial charge in [0.05, 0.1) is 19.4 Å². The first-order valence-electron chi connectivity index (χ1n) is 8.71. The summed E-state index contributed by atoms with van der Waals surface area (Å²) >= 11 is 0. The highest BCUT2D eigenvalue weighted by Crippen LogP contribution is 2.46. The molecule has 0 aliphatic carbocycles. The first kappa shape index (κ1) is 18.4. The van der Waals surface area contributed by atoms with Crippen molar-refractivity contribution in [3.8, 4) is 0 Å². The fourth-order valence-electron chi connectivity index (χ4n) is 4.23. The van der Waals surface area contributed by atoms with Gasteiger partial charge in [-0.05, 0) is 30.4 Å². The molecule has 2 saturated heterocycles. The summed E-state index contributed by atoms with van der Waals surface area (Å²) in [5.74, 6) is 0.470. The zero-order valence-corrected chi connectivity index (χ0v) is 15.6. The first-order chi connectivity index (χ1) is 11.9. The smallest absolute Gasteiger partial charge is 0.305 e. The molecule has 6 nitrogen and oxygen atoms in total. The minimum Gasteiger partial charge on any atom is -0.469 e. The van der Waals surface area contributed by atoms with Crippen LogP contribution >= 0.6 is 0 Å². The summed E-state index contributed by atoms with van der Waals surface area (Å²) in [5, 5.41) is 0. The lowest BCUT2D eigenvalue weighted by Gasteiger charge is -2.28. The van der Waals surface area contributed by atoms with Gasteiger partial charge in [-0.3, -0.25) is 4.79 Å². The van der Waals surface area contributed by atoms with Gasteiger partial charge in [-0.25, -0.2) is 8.42 Å². The van der Waals surface area contributed by atoms with Crippen LogP contribution in [0.3, 0.4) is 0 Å². The minimum absolute atomic E-state index is 0.0909. The molecular weight excluding hydrogens is 340 g/mol. The molecule has 0 saturated carbocycles. The van der Waals surface area contributed by atoms with Crippen molar-refractivity contribution < 1.29 is 17.9 Å². The fourth-order valence-corrected chi connectivity index (χ4v) is 5.39. The van der Waals surface area contributed by atoms with E-state index in [1.807, 2.05) is 30.3 Å². The van der Waals surface area contributed by atoms with Crippen molar-refractivity contribution in [2.24, 2.45) is 11.8 Å². The summed E-state index contributed by atoms with van der Waals surface area (Å²) in [6.07, 6.45) is 2.51. The highest BCUT2D eigenvalue weighted by molar-refractivity contribution is 7.88. The van der Waals surface area contributed by atoms with Crippen molar-refractivity contribution in [3.05, 3.63) is 35.9 Å². The Balaban J connectivity index is 1.71. The van der Waals surface area contributed by atoms with E-state index in [9.17, 15) is 13.2 Å². The van der Waals surface area contributed by atoms with Crippen molar-refractivity contribution >= 4 is 16.0 Å². The average molecular weight is 366 g/mol. The monoisotopic (exact) mass is 366 g/mol. The Morgan fingerprint density at radius 2 is 1.92 bits per heavy atom. The van der Waals surface area contributed by atoms with Crippen LogP contribution in [-0.4, -0.2) is 63.1 Å². The maximum Gasteiger partial charge on any atom is 0.305 e. The van der Waals surface area contributed by atoms with Crippen molar-refractivity contribution in [1.82, 2.24) is 9.21 Å². The third-order valence-corrected chi connectivity index (χ3v) is 6.58. The van der Waals surface area contributed by atoms with Gasteiger partial charge in [-0.1, -0.05) is 30.3 Å². The van der Waals surface area contributed by atoms with E-state index in [0.29, 0.717) is 24.8 Å². The molecule has 7 heteroatoms. The maximum atomic E-state index is 12.3. The largest absolute Gasteiger partial charge is 0.469 e. The maximum absolute atomic E-state index is 12.3. The Kier molecular flexibility index (Phi) is 5.46. The van der Waals surface area contributed by atoms with Crippen molar-refractivity contribution in [2.75, 3.05) is 39.5 Å². The van der Waals surface area contributed by atoms with Crippen molar-refractivity contribution in [1.29, 1.82) is 0 Å². The van der Waals surface area contributed by atoms with Crippen LogP contribution in [0.25, 0.3) is 0 Å². The summed E-state index contributed by atoms with van der Waals surface area (Å²) in [7, 11) is -1.83. The lowest BCUT2D eigenvalue weighted by Crippen LogP contribution is -2.35. The molecule has 2 heterocycles. The zero-order chi connectivity index (χ0) is 18.0. The Bertz CT molecular complexity index is 707. The Hall–Kier alpha value is -1.44. The van der Waals surface area contributed by atoms with E-state index in [1.54, 1.807) is 4.31 Å². The minimum atomic E-state index is -3.24. The number of esters is 1. The van der Waals surface area contributed by atoms with E-state index < -0.39 is 10.0 Å². The lowest BCUT2D eigenvalue weighted by atomic mass is 9.90. The van der Waals surface area contributed by atoms with Gasteiger partial charge in [0.1, 0.15) is 0 Å². The van der Waals surface area contributed by atoms with Crippen LogP contribution in [0.1, 0.15) is 24.4 Å². The van der Waals surface area contributed by atoms with Gasteiger partial charge >= 0.3 is 5.97 Å². The van der Waals surface area contributed by atoms with Crippen molar-refractivity contribution in [3.63, 3.8) is 0 Å². The molecule has 0 spiro atoms. The summed E-state index contributed by atoms with van der Waals surface area (Å²) in [5.41, 5.74) is 1.07. The Morgan fingerprint density at radius 3 is 2.56 bits per heavy atom. The molecule has 25 heavy (non-hydrogen) atoms. The van der Waals surface area contributed by atoms with Gasteiger partial charge in [0.2, 0.25) is 10.0 Å². The second kappa shape index (κ2) is 7.43. The highest BCUT2D eigenvalue weighted by atomic mass is 32.2. The summed E-state index contributed by atoms with van der Waals surface area (Å²) in [6, 6.07) is 9.83. The normalized spacial score (nSPS) is 27.4. The molecule has 0 amide bonds. The molecular formula is C18H26N2O4S. The molecule has 138 valence electrons. The number of methoxy groups -OCH3 is 1. The van der Waals surface area contributed by atoms with Gasteiger partial charge in [0.15, 0.2) is 0 Å². The van der Waals surface area contributed by atoms with Crippen molar-refractivity contribution in [2.45, 2.75) is 18.9 Å². The standard InChI is InChI=1S/C18H26N2O4S/c1-24-17(21)9-6-10-19-11-15-12-20(25(2,22)23)18(16(15)13-19)14-7-4-3-5-8-14/h3-5,7-8,15-16,18H,6,9-13H2,1-2H3/t15-,16-,18+/m1/s1. The molecule has 0 radical (unpaired) electrons. The van der Waals surface area contributed by atoms with Crippen LogP contribution in [-0.2, 0) is 19.6 Å². The molecule has 2 aliphatic rings. The van der Waals surface area contributed by atoms with Gasteiger partial charge in [-0.2, -0.15) is 4.31 Å². The average Bonchev–Trinajstić information content (AvgIpc) is 3.12. The number of sulfonamides is 1. The molecule has 2 fully saturated rings. The number of carbonyl (C=O) groups excluding carboxylic acids is 1. The number of likely N-dealkylation sites (tertiary alicyclic amines) is 1. The van der Waals surface area contributed by atoms with Crippen LogP contribution < -0.4 is 0 Å². The lowest BCUT2D eigenvalue weighted by molar-refractivity contribution is -0.140. The predicted molar refractivity (Wildman–Crippen MR) is 95.4 cm³/mol. The number of ether oxygens (including phenoxy) is 1. The van der Waals surface area contributed by atoms with Crippen LogP contribution in [0.5, 0.6) is 0 Å². The molecule has 3 rings (SSSR count). The summed E-state index contributed by atoms with van der Waals surface area (Å²) in [4.78, 5) is 13.6. The van der Waals surface area contributed by atoms with Gasteiger partial charge in [-0.15, -0.1) is 0 Å². The summed E-state index contributed by atoms with van der Waals surface area (Å²) in [6.45, 7) is 3.19. The fraction of sp³-hybridized carbons (Fsp3) is 0.611.